The molecule has 1 aliphatic rings. The predicted octanol–water partition coefficient (Wildman–Crippen LogP) is 2.12. The Morgan fingerprint density at radius 1 is 1.06 bits per heavy atom. The minimum absolute atomic E-state index is 0.0996. The van der Waals surface area contributed by atoms with Crippen LogP contribution >= 0.6 is 11.3 Å². The summed E-state index contributed by atoms with van der Waals surface area (Å²) in [6.45, 7) is 0.175. The van der Waals surface area contributed by atoms with Gasteiger partial charge in [-0.2, -0.15) is 0 Å². The smallest absolute Gasteiger partial charge is 0.268 e. The van der Waals surface area contributed by atoms with Crippen molar-refractivity contribution in [2.45, 2.75) is 17.0 Å². The van der Waals surface area contributed by atoms with Crippen molar-refractivity contribution in [1.29, 1.82) is 0 Å². The molecule has 1 amide bonds. The highest BCUT2D eigenvalue weighted by Gasteiger charge is 2.51. The number of sulfonamides is 1. The number of nitrogens with two attached hydrogens (primary N) is 1. The predicted molar refractivity (Wildman–Crippen MR) is 116 cm³/mol. The van der Waals surface area contributed by atoms with Crippen molar-refractivity contribution in [2.24, 2.45) is 5.14 Å². The first-order chi connectivity index (χ1) is 14.8. The molecular formula is C21H16N4O4S2. The molecule has 1 atom stereocenters. The van der Waals surface area contributed by atoms with Gasteiger partial charge >= 0.3 is 0 Å². The number of rotatable bonds is 4. The zero-order chi connectivity index (χ0) is 21.8. The minimum Gasteiger partial charge on any atom is -0.372 e. The highest BCUT2D eigenvalue weighted by molar-refractivity contribution is 7.89. The van der Waals surface area contributed by atoms with Crippen molar-refractivity contribution < 1.29 is 18.3 Å². The molecule has 2 aromatic heterocycles. The molecular weight excluding hydrogens is 436 g/mol. The molecule has 0 fully saturated rings. The van der Waals surface area contributed by atoms with E-state index < -0.39 is 21.5 Å². The van der Waals surface area contributed by atoms with Crippen LogP contribution in [-0.2, 0) is 27.0 Å². The molecule has 2 aromatic carbocycles. The summed E-state index contributed by atoms with van der Waals surface area (Å²) in [7, 11) is -3.89. The van der Waals surface area contributed by atoms with E-state index in [1.165, 1.54) is 40.5 Å². The standard InChI is InChI=1S/C21H16N4O4S2/c22-31(28,29)14-9-7-13(8-10-14)21(27)15-4-1-2-6-17(15)25(20(21)26)12-18-24-16-5-3-11-23-19(16)30-18/h1-11,27H,12H2,(H2,22,28,29). The summed E-state index contributed by atoms with van der Waals surface area (Å²) in [5.74, 6) is -0.538. The van der Waals surface area contributed by atoms with E-state index in [0.717, 1.165) is 10.3 Å². The van der Waals surface area contributed by atoms with Gasteiger partial charge in [-0.1, -0.05) is 41.7 Å². The van der Waals surface area contributed by atoms with Crippen LogP contribution in [0.1, 0.15) is 16.1 Å². The van der Waals surface area contributed by atoms with Gasteiger partial charge in [-0.25, -0.2) is 23.5 Å². The van der Waals surface area contributed by atoms with Gasteiger partial charge in [0.25, 0.3) is 5.91 Å². The van der Waals surface area contributed by atoms with Crippen molar-refractivity contribution in [2.75, 3.05) is 4.90 Å². The summed E-state index contributed by atoms with van der Waals surface area (Å²) in [4.78, 5) is 24.5. The lowest BCUT2D eigenvalue weighted by Crippen LogP contribution is -2.40. The van der Waals surface area contributed by atoms with Gasteiger partial charge < -0.3 is 10.0 Å². The normalized spacial score (nSPS) is 18.5. The second-order valence-corrected chi connectivity index (χ2v) is 9.75. The lowest BCUT2D eigenvalue weighted by molar-refractivity contribution is -0.132. The van der Waals surface area contributed by atoms with Crippen LogP contribution in [0.15, 0.2) is 71.8 Å². The molecule has 1 aliphatic heterocycles. The molecule has 1 unspecified atom stereocenters. The molecule has 0 aliphatic carbocycles. The second-order valence-electron chi connectivity index (χ2n) is 7.12. The summed E-state index contributed by atoms with van der Waals surface area (Å²) >= 11 is 1.38. The number of anilines is 1. The Hall–Kier alpha value is -3.18. The zero-order valence-corrected chi connectivity index (χ0v) is 17.6. The topological polar surface area (TPSA) is 126 Å². The molecule has 0 spiro atoms. The quantitative estimate of drug-likeness (QED) is 0.488. The lowest BCUT2D eigenvalue weighted by Gasteiger charge is -2.23. The Bertz CT molecular complexity index is 1400. The number of primary sulfonamides is 1. The number of aliphatic hydroxyl groups is 1. The van der Waals surface area contributed by atoms with E-state index in [-0.39, 0.29) is 17.0 Å². The van der Waals surface area contributed by atoms with Crippen LogP contribution in [0.3, 0.4) is 0 Å². The molecule has 0 bridgehead atoms. The van der Waals surface area contributed by atoms with Crippen molar-refractivity contribution in [3.63, 3.8) is 0 Å². The van der Waals surface area contributed by atoms with Gasteiger partial charge in [0.2, 0.25) is 10.0 Å². The Morgan fingerprint density at radius 3 is 2.52 bits per heavy atom. The van der Waals surface area contributed by atoms with Crippen molar-refractivity contribution in [1.82, 2.24) is 9.97 Å². The zero-order valence-electron chi connectivity index (χ0n) is 16.0. The van der Waals surface area contributed by atoms with Gasteiger partial charge in [0, 0.05) is 11.8 Å². The van der Waals surface area contributed by atoms with Crippen LogP contribution in [0, 0.1) is 0 Å². The van der Waals surface area contributed by atoms with Crippen molar-refractivity contribution in [3.05, 3.63) is 83.0 Å². The third-order valence-corrected chi connectivity index (χ3v) is 7.14. The Morgan fingerprint density at radius 2 is 1.81 bits per heavy atom. The van der Waals surface area contributed by atoms with Gasteiger partial charge in [-0.15, -0.1) is 0 Å². The first-order valence-electron chi connectivity index (χ1n) is 9.26. The van der Waals surface area contributed by atoms with E-state index >= 15 is 0 Å². The van der Waals surface area contributed by atoms with Crippen LogP contribution in [-0.4, -0.2) is 29.4 Å². The molecule has 31 heavy (non-hydrogen) atoms. The molecule has 156 valence electrons. The third-order valence-electron chi connectivity index (χ3n) is 5.24. The highest BCUT2D eigenvalue weighted by atomic mass is 32.2. The number of thiazole rings is 1. The molecule has 0 saturated carbocycles. The van der Waals surface area contributed by atoms with Crippen molar-refractivity contribution >= 4 is 43.3 Å². The SMILES string of the molecule is NS(=O)(=O)c1ccc(C2(O)C(=O)N(Cc3nc4cccnc4s3)c3ccccc32)cc1. The number of pyridine rings is 1. The molecule has 3 N–H and O–H groups in total. The Balaban J connectivity index is 1.57. The van der Waals surface area contributed by atoms with Crippen LogP contribution in [0.25, 0.3) is 10.3 Å². The van der Waals surface area contributed by atoms with E-state index in [2.05, 4.69) is 9.97 Å². The Kier molecular flexibility index (Phi) is 4.41. The Labute approximate surface area is 181 Å². The van der Waals surface area contributed by atoms with Gasteiger partial charge in [-0.05, 0) is 35.9 Å². The number of fused-ring (bicyclic) bond motifs is 2. The van der Waals surface area contributed by atoms with Gasteiger partial charge in [0.05, 0.1) is 17.1 Å². The van der Waals surface area contributed by atoms with Gasteiger partial charge in [0.1, 0.15) is 15.4 Å². The summed E-state index contributed by atoms with van der Waals surface area (Å²) in [6, 6.07) is 16.0. The number of carbonyl (C=O) groups excluding carboxylic acids is 1. The maximum Gasteiger partial charge on any atom is 0.268 e. The van der Waals surface area contributed by atoms with E-state index in [1.807, 2.05) is 6.07 Å². The number of aromatic nitrogens is 2. The van der Waals surface area contributed by atoms with Crippen LogP contribution in [0.5, 0.6) is 0 Å². The summed E-state index contributed by atoms with van der Waals surface area (Å²) in [5.41, 5.74) is 0.0324. The fraction of sp³-hybridized carbons (Fsp3) is 0.0952. The average molecular weight is 453 g/mol. The molecule has 8 nitrogen and oxygen atoms in total. The van der Waals surface area contributed by atoms with Gasteiger partial charge in [0.15, 0.2) is 5.60 Å². The largest absolute Gasteiger partial charge is 0.372 e. The van der Waals surface area contributed by atoms with Crippen LogP contribution in [0.2, 0.25) is 0 Å². The molecule has 5 rings (SSSR count). The van der Waals surface area contributed by atoms with Crippen LogP contribution in [0.4, 0.5) is 5.69 Å². The fourth-order valence-corrected chi connectivity index (χ4v) is 5.18. The number of amides is 1. The van der Waals surface area contributed by atoms with E-state index in [0.29, 0.717) is 16.3 Å². The maximum atomic E-state index is 13.5. The summed E-state index contributed by atoms with van der Waals surface area (Å²) < 4.78 is 23.1. The summed E-state index contributed by atoms with van der Waals surface area (Å²) in [5, 5.41) is 17.4. The summed E-state index contributed by atoms with van der Waals surface area (Å²) in [6.07, 6.45) is 1.69. The number of hydrogen-bond acceptors (Lipinski definition) is 7. The molecule has 3 heterocycles. The second kappa shape index (κ2) is 6.92. The lowest BCUT2D eigenvalue weighted by atomic mass is 9.87. The fourth-order valence-electron chi connectivity index (χ4n) is 3.77. The number of nitrogens with zero attached hydrogens (tertiary/aromatic N) is 3. The molecule has 0 saturated heterocycles. The molecule has 4 aromatic rings. The van der Waals surface area contributed by atoms with Gasteiger partial charge in [-0.3, -0.25) is 4.79 Å². The monoisotopic (exact) mass is 452 g/mol. The van der Waals surface area contributed by atoms with Crippen LogP contribution < -0.4 is 10.0 Å². The number of benzene rings is 2. The van der Waals surface area contributed by atoms with E-state index in [1.54, 1.807) is 36.5 Å². The number of hydrogen-bond donors (Lipinski definition) is 2. The third kappa shape index (κ3) is 3.12. The molecule has 0 radical (unpaired) electrons. The number of carbonyl (C=O) groups is 1. The highest BCUT2D eigenvalue weighted by Crippen LogP contribution is 2.45. The molecule has 10 heteroatoms. The van der Waals surface area contributed by atoms with Crippen molar-refractivity contribution in [3.8, 4) is 0 Å². The van der Waals surface area contributed by atoms with E-state index in [9.17, 15) is 18.3 Å². The minimum atomic E-state index is -3.89. The average Bonchev–Trinajstić information content (AvgIpc) is 3.27. The first-order valence-corrected chi connectivity index (χ1v) is 11.6. The van der Waals surface area contributed by atoms with E-state index in [4.69, 9.17) is 5.14 Å². The number of para-hydroxylation sites is 1. The first kappa shape index (κ1) is 19.8. The maximum absolute atomic E-state index is 13.5.